The highest BCUT2D eigenvalue weighted by Gasteiger charge is 2.31. The Morgan fingerprint density at radius 1 is 1.06 bits per heavy atom. The number of hydrogen-bond acceptors (Lipinski definition) is 5. The summed E-state index contributed by atoms with van der Waals surface area (Å²) in [4.78, 5) is 17.4. The number of carbonyl (C=O) groups excluding carboxylic acids is 1. The third-order valence-corrected chi connectivity index (χ3v) is 7.01. The first kappa shape index (κ1) is 20.1. The van der Waals surface area contributed by atoms with E-state index in [2.05, 4.69) is 63.8 Å². The van der Waals surface area contributed by atoms with Crippen molar-refractivity contribution in [2.24, 2.45) is 0 Å². The highest BCUT2D eigenvalue weighted by Crippen LogP contribution is 2.34. The molecular formula is C24H27N5OS. The zero-order chi connectivity index (χ0) is 21.4. The first-order chi connectivity index (χ1) is 15.1. The van der Waals surface area contributed by atoms with Crippen LogP contribution in [0, 0.1) is 6.92 Å². The van der Waals surface area contributed by atoms with Gasteiger partial charge in [-0.2, -0.15) is 0 Å². The average Bonchev–Trinajstić information content (AvgIpc) is 3.50. The van der Waals surface area contributed by atoms with Crippen molar-refractivity contribution in [1.82, 2.24) is 14.8 Å². The number of anilines is 2. The Kier molecular flexibility index (Phi) is 5.44. The first-order valence-corrected chi connectivity index (χ1v) is 11.9. The van der Waals surface area contributed by atoms with Gasteiger partial charge >= 0.3 is 0 Å². The normalized spacial score (nSPS) is 17.9. The molecule has 3 heterocycles. The Balaban J connectivity index is 1.40. The highest BCUT2D eigenvalue weighted by atomic mass is 32.2. The number of nitrogens with zero attached hydrogens (tertiary/aromatic N) is 5. The molecule has 6 nitrogen and oxygen atoms in total. The van der Waals surface area contributed by atoms with Crippen molar-refractivity contribution in [3.63, 3.8) is 0 Å². The first-order valence-electron chi connectivity index (χ1n) is 10.9. The second-order valence-corrected chi connectivity index (χ2v) is 9.32. The molecular weight excluding hydrogens is 406 g/mol. The standard InChI is InChI=1S/C24H27N5OS/c1-17-9-11-20(12-10-17)29-23(27-13-5-6-14-27)25-26-24(29)31-16-22(30)28-18(2)15-19-7-3-4-8-21(19)28/h3-4,7-12,18H,5-6,13-16H2,1-2H3/t18-/m0/s1. The number of para-hydroxylation sites is 1. The summed E-state index contributed by atoms with van der Waals surface area (Å²) in [5, 5.41) is 9.76. The number of rotatable bonds is 5. The van der Waals surface area contributed by atoms with Crippen molar-refractivity contribution >= 4 is 29.3 Å². The number of fused-ring (bicyclic) bond motifs is 1. The van der Waals surface area contributed by atoms with Gasteiger partial charge in [0.1, 0.15) is 0 Å². The van der Waals surface area contributed by atoms with Gasteiger partial charge in [0.05, 0.1) is 11.4 Å². The molecule has 0 saturated carbocycles. The van der Waals surface area contributed by atoms with E-state index in [4.69, 9.17) is 0 Å². The Bertz CT molecular complexity index is 1090. The topological polar surface area (TPSA) is 54.3 Å². The van der Waals surface area contributed by atoms with Crippen LogP contribution in [0.1, 0.15) is 30.9 Å². The number of aryl methyl sites for hydroxylation is 1. The molecule has 5 rings (SSSR count). The lowest BCUT2D eigenvalue weighted by Gasteiger charge is -2.22. The van der Waals surface area contributed by atoms with E-state index in [-0.39, 0.29) is 11.9 Å². The number of aromatic nitrogens is 3. The number of hydrogen-bond donors (Lipinski definition) is 0. The largest absolute Gasteiger partial charge is 0.341 e. The molecule has 1 saturated heterocycles. The van der Waals surface area contributed by atoms with Crippen molar-refractivity contribution in [2.75, 3.05) is 28.6 Å². The summed E-state index contributed by atoms with van der Waals surface area (Å²) in [6.07, 6.45) is 3.26. The molecule has 0 aliphatic carbocycles. The summed E-state index contributed by atoms with van der Waals surface area (Å²) in [5.41, 5.74) is 4.53. The van der Waals surface area contributed by atoms with Gasteiger partial charge < -0.3 is 9.80 Å². The van der Waals surface area contributed by atoms with Crippen LogP contribution in [0.25, 0.3) is 5.69 Å². The molecule has 160 valence electrons. The van der Waals surface area contributed by atoms with E-state index in [1.54, 1.807) is 0 Å². The fourth-order valence-electron chi connectivity index (χ4n) is 4.54. The molecule has 0 bridgehead atoms. The number of thioether (sulfide) groups is 1. The zero-order valence-corrected chi connectivity index (χ0v) is 18.8. The quantitative estimate of drug-likeness (QED) is 0.563. The second-order valence-electron chi connectivity index (χ2n) is 8.38. The molecule has 0 radical (unpaired) electrons. The van der Waals surface area contributed by atoms with E-state index in [0.29, 0.717) is 5.75 Å². The predicted octanol–water partition coefficient (Wildman–Crippen LogP) is 4.25. The molecule has 2 aromatic carbocycles. The van der Waals surface area contributed by atoms with Gasteiger partial charge in [-0.1, -0.05) is 47.7 Å². The zero-order valence-electron chi connectivity index (χ0n) is 18.0. The maximum absolute atomic E-state index is 13.2. The van der Waals surface area contributed by atoms with Crippen molar-refractivity contribution in [1.29, 1.82) is 0 Å². The number of amides is 1. The minimum atomic E-state index is 0.114. The number of benzene rings is 2. The van der Waals surface area contributed by atoms with Crippen LogP contribution in [-0.2, 0) is 11.2 Å². The molecule has 1 aromatic heterocycles. The van der Waals surface area contributed by atoms with Crippen LogP contribution >= 0.6 is 11.8 Å². The van der Waals surface area contributed by atoms with E-state index in [0.717, 1.165) is 42.0 Å². The molecule has 0 N–H and O–H groups in total. The summed E-state index contributed by atoms with van der Waals surface area (Å²) in [6, 6.07) is 16.8. The molecule has 3 aromatic rings. The average molecular weight is 434 g/mol. The lowest BCUT2D eigenvalue weighted by Crippen LogP contribution is -2.37. The van der Waals surface area contributed by atoms with Gasteiger partial charge in [0.25, 0.3) is 0 Å². The van der Waals surface area contributed by atoms with Crippen molar-refractivity contribution in [2.45, 2.75) is 44.3 Å². The van der Waals surface area contributed by atoms with Gasteiger partial charge in [-0.05, 0) is 56.9 Å². The molecule has 1 fully saturated rings. The minimum absolute atomic E-state index is 0.114. The van der Waals surface area contributed by atoms with Gasteiger partial charge in [-0.25, -0.2) is 0 Å². The smallest absolute Gasteiger partial charge is 0.237 e. The van der Waals surface area contributed by atoms with Crippen LogP contribution in [0.2, 0.25) is 0 Å². The summed E-state index contributed by atoms with van der Waals surface area (Å²) in [7, 11) is 0. The fourth-order valence-corrected chi connectivity index (χ4v) is 5.35. The monoisotopic (exact) mass is 433 g/mol. The lowest BCUT2D eigenvalue weighted by atomic mass is 10.1. The molecule has 7 heteroatoms. The molecule has 0 spiro atoms. The van der Waals surface area contributed by atoms with E-state index in [9.17, 15) is 4.79 Å². The summed E-state index contributed by atoms with van der Waals surface area (Å²) < 4.78 is 2.10. The van der Waals surface area contributed by atoms with Crippen LogP contribution in [0.4, 0.5) is 11.6 Å². The third-order valence-electron chi connectivity index (χ3n) is 6.10. The Morgan fingerprint density at radius 3 is 2.58 bits per heavy atom. The van der Waals surface area contributed by atoms with Crippen LogP contribution in [0.5, 0.6) is 0 Å². The Hall–Kier alpha value is -2.80. The van der Waals surface area contributed by atoms with Crippen LogP contribution < -0.4 is 9.80 Å². The van der Waals surface area contributed by atoms with Crippen LogP contribution in [0.15, 0.2) is 53.7 Å². The van der Waals surface area contributed by atoms with E-state index in [1.807, 2.05) is 23.1 Å². The van der Waals surface area contributed by atoms with E-state index in [1.165, 1.54) is 35.7 Å². The van der Waals surface area contributed by atoms with Gasteiger partial charge in [0, 0.05) is 24.8 Å². The highest BCUT2D eigenvalue weighted by molar-refractivity contribution is 7.99. The predicted molar refractivity (Wildman–Crippen MR) is 125 cm³/mol. The van der Waals surface area contributed by atoms with Gasteiger partial charge in [-0.15, -0.1) is 10.2 Å². The van der Waals surface area contributed by atoms with Gasteiger partial charge in [-0.3, -0.25) is 9.36 Å². The third kappa shape index (κ3) is 3.82. The molecule has 2 aliphatic rings. The lowest BCUT2D eigenvalue weighted by molar-refractivity contribution is -0.116. The molecule has 1 amide bonds. The van der Waals surface area contributed by atoms with Crippen LogP contribution in [-0.4, -0.2) is 45.6 Å². The summed E-state index contributed by atoms with van der Waals surface area (Å²) in [5.74, 6) is 1.32. The SMILES string of the molecule is Cc1ccc(-n2c(SCC(=O)N3c4ccccc4C[C@@H]3C)nnc2N2CCCC2)cc1. The molecule has 1 atom stereocenters. The molecule has 31 heavy (non-hydrogen) atoms. The summed E-state index contributed by atoms with van der Waals surface area (Å²) in [6.45, 7) is 6.19. The van der Waals surface area contributed by atoms with E-state index < -0.39 is 0 Å². The van der Waals surface area contributed by atoms with Crippen molar-refractivity contribution in [3.05, 3.63) is 59.7 Å². The van der Waals surface area contributed by atoms with E-state index >= 15 is 0 Å². The maximum atomic E-state index is 13.2. The maximum Gasteiger partial charge on any atom is 0.237 e. The van der Waals surface area contributed by atoms with Gasteiger partial charge in [0.2, 0.25) is 11.9 Å². The Labute approximate surface area is 187 Å². The summed E-state index contributed by atoms with van der Waals surface area (Å²) >= 11 is 1.47. The van der Waals surface area contributed by atoms with Crippen molar-refractivity contribution < 1.29 is 4.79 Å². The molecule has 0 unspecified atom stereocenters. The Morgan fingerprint density at radius 2 is 1.81 bits per heavy atom. The van der Waals surface area contributed by atoms with Crippen LogP contribution in [0.3, 0.4) is 0 Å². The van der Waals surface area contributed by atoms with Gasteiger partial charge in [0.15, 0.2) is 5.16 Å². The fraction of sp³-hybridized carbons (Fsp3) is 0.375. The second kappa shape index (κ2) is 8.38. The van der Waals surface area contributed by atoms with Crippen molar-refractivity contribution in [3.8, 4) is 5.69 Å². The molecule has 2 aliphatic heterocycles. The minimum Gasteiger partial charge on any atom is -0.341 e. The number of carbonyl (C=O) groups is 1.